The zero-order valence-electron chi connectivity index (χ0n) is 9.05. The molecule has 5 nitrogen and oxygen atoms in total. The Hall–Kier alpha value is -1.62. The molecule has 0 bridgehead atoms. The van der Waals surface area contributed by atoms with Crippen molar-refractivity contribution in [1.82, 2.24) is 19.7 Å². The number of nitrogens with one attached hydrogen (secondary N) is 1. The summed E-state index contributed by atoms with van der Waals surface area (Å²) in [5, 5.41) is 7.78. The molecule has 0 aliphatic carbocycles. The second-order valence-corrected chi connectivity index (χ2v) is 4.05. The van der Waals surface area contributed by atoms with Crippen LogP contribution in [0, 0.1) is 0 Å². The summed E-state index contributed by atoms with van der Waals surface area (Å²) >= 11 is 5.93. The van der Waals surface area contributed by atoms with Gasteiger partial charge in [0.15, 0.2) is 5.82 Å². The Labute approximate surface area is 98.5 Å². The summed E-state index contributed by atoms with van der Waals surface area (Å²) in [4.78, 5) is 7.85. The average molecular weight is 238 g/mol. The fraction of sp³-hybridized carbons (Fsp3) is 0.300. The molecule has 2 rings (SSSR count). The molecule has 6 heteroatoms. The highest BCUT2D eigenvalue weighted by molar-refractivity contribution is 6.32. The Morgan fingerprint density at radius 1 is 1.38 bits per heavy atom. The monoisotopic (exact) mass is 237 g/mol. The van der Waals surface area contributed by atoms with Crippen LogP contribution in [0.4, 0.5) is 11.5 Å². The molecule has 2 aromatic rings. The van der Waals surface area contributed by atoms with Crippen LogP contribution in [-0.4, -0.2) is 19.7 Å². The lowest BCUT2D eigenvalue weighted by Crippen LogP contribution is -2.00. The molecule has 84 valence electrons. The minimum absolute atomic E-state index is 0.330. The Bertz CT molecular complexity index is 480. The van der Waals surface area contributed by atoms with Gasteiger partial charge in [0, 0.05) is 12.2 Å². The van der Waals surface area contributed by atoms with Gasteiger partial charge in [-0.3, -0.25) is 4.68 Å². The lowest BCUT2D eigenvalue weighted by atomic mass is 10.4. The third kappa shape index (κ3) is 2.30. The summed E-state index contributed by atoms with van der Waals surface area (Å²) in [6.45, 7) is 4.13. The lowest BCUT2D eigenvalue weighted by Gasteiger charge is -2.04. The van der Waals surface area contributed by atoms with E-state index in [9.17, 15) is 0 Å². The molecule has 2 heterocycles. The largest absolute Gasteiger partial charge is 0.336 e. The van der Waals surface area contributed by atoms with Crippen LogP contribution in [0.5, 0.6) is 0 Å². The van der Waals surface area contributed by atoms with Crippen molar-refractivity contribution in [3.05, 3.63) is 29.9 Å². The van der Waals surface area contributed by atoms with Crippen molar-refractivity contribution in [3.8, 4) is 0 Å². The van der Waals surface area contributed by atoms with Gasteiger partial charge in [0.05, 0.1) is 18.1 Å². The Balaban J connectivity index is 2.18. The summed E-state index contributed by atoms with van der Waals surface area (Å²) in [5.74, 6) is 0.583. The molecule has 0 saturated carbocycles. The highest BCUT2D eigenvalue weighted by Crippen LogP contribution is 2.21. The molecular weight excluding hydrogens is 226 g/mol. The smallest absolute Gasteiger partial charge is 0.152 e. The number of halogens is 1. The van der Waals surface area contributed by atoms with Crippen molar-refractivity contribution >= 4 is 23.1 Å². The van der Waals surface area contributed by atoms with Crippen LogP contribution in [0.3, 0.4) is 0 Å². The fourth-order valence-corrected chi connectivity index (χ4v) is 1.38. The first-order chi connectivity index (χ1) is 7.66. The number of hydrogen-bond donors (Lipinski definition) is 1. The highest BCUT2D eigenvalue weighted by atomic mass is 35.5. The van der Waals surface area contributed by atoms with Gasteiger partial charge in [-0.25, -0.2) is 9.97 Å². The van der Waals surface area contributed by atoms with Crippen molar-refractivity contribution in [1.29, 1.82) is 0 Å². The van der Waals surface area contributed by atoms with Crippen LogP contribution < -0.4 is 5.32 Å². The van der Waals surface area contributed by atoms with Crippen molar-refractivity contribution in [2.24, 2.45) is 0 Å². The molecule has 0 aromatic carbocycles. The summed E-state index contributed by atoms with van der Waals surface area (Å²) in [6.07, 6.45) is 6.63. The lowest BCUT2D eigenvalue weighted by molar-refractivity contribution is 0.532. The van der Waals surface area contributed by atoms with E-state index in [1.54, 1.807) is 12.4 Å². The number of hydrogen-bond acceptors (Lipinski definition) is 4. The average Bonchev–Trinajstić information content (AvgIpc) is 2.70. The van der Waals surface area contributed by atoms with E-state index in [2.05, 4.69) is 34.2 Å². The van der Waals surface area contributed by atoms with Gasteiger partial charge >= 0.3 is 0 Å². The predicted octanol–water partition coefficient (Wildman–Crippen LogP) is 2.65. The van der Waals surface area contributed by atoms with E-state index in [0.717, 1.165) is 5.69 Å². The summed E-state index contributed by atoms with van der Waals surface area (Å²) in [7, 11) is 0. The Morgan fingerprint density at radius 3 is 2.81 bits per heavy atom. The first-order valence-corrected chi connectivity index (χ1v) is 5.31. The molecule has 0 saturated heterocycles. The second kappa shape index (κ2) is 4.49. The molecule has 0 aliphatic heterocycles. The van der Waals surface area contributed by atoms with Gasteiger partial charge in [-0.2, -0.15) is 5.10 Å². The first-order valence-electron chi connectivity index (χ1n) is 4.93. The first kappa shape index (κ1) is 10.9. The van der Waals surface area contributed by atoms with E-state index < -0.39 is 0 Å². The maximum absolute atomic E-state index is 5.93. The van der Waals surface area contributed by atoms with Crippen molar-refractivity contribution in [3.63, 3.8) is 0 Å². The minimum Gasteiger partial charge on any atom is -0.336 e. The number of nitrogens with zero attached hydrogens (tertiary/aromatic N) is 4. The van der Waals surface area contributed by atoms with E-state index >= 15 is 0 Å². The van der Waals surface area contributed by atoms with Gasteiger partial charge in [-0.1, -0.05) is 11.6 Å². The van der Waals surface area contributed by atoms with Gasteiger partial charge in [0.2, 0.25) is 0 Å². The molecular formula is C10H12ClN5. The normalized spacial score (nSPS) is 10.8. The number of rotatable bonds is 3. The summed E-state index contributed by atoms with van der Waals surface area (Å²) < 4.78 is 1.86. The van der Waals surface area contributed by atoms with Gasteiger partial charge in [0.1, 0.15) is 11.3 Å². The molecule has 0 spiro atoms. The SMILES string of the molecule is CC(C)n1cc(Nc2ncncc2Cl)cn1. The maximum atomic E-state index is 5.93. The van der Waals surface area contributed by atoms with Crippen LogP contribution in [0.25, 0.3) is 0 Å². The van der Waals surface area contributed by atoms with Crippen molar-refractivity contribution in [2.45, 2.75) is 19.9 Å². The second-order valence-electron chi connectivity index (χ2n) is 3.65. The van der Waals surface area contributed by atoms with Crippen molar-refractivity contribution < 1.29 is 0 Å². The number of anilines is 2. The molecule has 0 unspecified atom stereocenters. The molecule has 0 atom stereocenters. The van der Waals surface area contributed by atoms with Gasteiger partial charge < -0.3 is 5.32 Å². The highest BCUT2D eigenvalue weighted by Gasteiger charge is 2.05. The minimum atomic E-state index is 0.330. The predicted molar refractivity (Wildman–Crippen MR) is 62.9 cm³/mol. The van der Waals surface area contributed by atoms with Crippen LogP contribution in [0.15, 0.2) is 24.9 Å². The molecule has 0 radical (unpaired) electrons. The number of aromatic nitrogens is 4. The standard InChI is InChI=1S/C10H12ClN5/c1-7(2)16-5-8(3-14-16)15-10-9(11)4-12-6-13-10/h3-7H,1-2H3,(H,12,13,15). The van der Waals surface area contributed by atoms with E-state index in [0.29, 0.717) is 16.9 Å². The Kier molecular flexibility index (Phi) is 3.05. The van der Waals surface area contributed by atoms with E-state index in [1.807, 2.05) is 10.9 Å². The summed E-state index contributed by atoms with van der Waals surface area (Å²) in [5.41, 5.74) is 0.856. The van der Waals surface area contributed by atoms with E-state index in [1.165, 1.54) is 6.33 Å². The van der Waals surface area contributed by atoms with E-state index in [-0.39, 0.29) is 0 Å². The molecule has 0 fully saturated rings. The van der Waals surface area contributed by atoms with Crippen LogP contribution in [-0.2, 0) is 0 Å². The molecule has 1 N–H and O–H groups in total. The topological polar surface area (TPSA) is 55.6 Å². The zero-order valence-corrected chi connectivity index (χ0v) is 9.81. The third-order valence-electron chi connectivity index (χ3n) is 2.06. The van der Waals surface area contributed by atoms with E-state index in [4.69, 9.17) is 11.6 Å². The van der Waals surface area contributed by atoms with Gasteiger partial charge in [-0.15, -0.1) is 0 Å². The third-order valence-corrected chi connectivity index (χ3v) is 2.34. The van der Waals surface area contributed by atoms with Gasteiger partial charge in [-0.05, 0) is 13.8 Å². The molecule has 16 heavy (non-hydrogen) atoms. The van der Waals surface area contributed by atoms with Crippen LogP contribution in [0.2, 0.25) is 5.02 Å². The van der Waals surface area contributed by atoms with Crippen LogP contribution in [0.1, 0.15) is 19.9 Å². The maximum Gasteiger partial charge on any atom is 0.152 e. The van der Waals surface area contributed by atoms with Crippen molar-refractivity contribution in [2.75, 3.05) is 5.32 Å². The Morgan fingerprint density at radius 2 is 2.19 bits per heavy atom. The quantitative estimate of drug-likeness (QED) is 0.892. The molecule has 0 aliphatic rings. The van der Waals surface area contributed by atoms with Gasteiger partial charge in [0.25, 0.3) is 0 Å². The zero-order chi connectivity index (χ0) is 11.5. The summed E-state index contributed by atoms with van der Waals surface area (Å²) in [6, 6.07) is 0.330. The fourth-order valence-electron chi connectivity index (χ4n) is 1.23. The van der Waals surface area contributed by atoms with Crippen LogP contribution >= 0.6 is 11.6 Å². The molecule has 0 amide bonds. The molecule has 2 aromatic heterocycles.